The zero-order valence-electron chi connectivity index (χ0n) is 11.7. The van der Waals surface area contributed by atoms with Gasteiger partial charge >= 0.3 is 0 Å². The summed E-state index contributed by atoms with van der Waals surface area (Å²) < 4.78 is 26.8. The van der Waals surface area contributed by atoms with Gasteiger partial charge in [0, 0.05) is 6.04 Å². The molecule has 0 bridgehead atoms. The van der Waals surface area contributed by atoms with Crippen molar-refractivity contribution in [2.24, 2.45) is 5.41 Å². The number of hydrogen-bond donors (Lipinski definition) is 1. The van der Waals surface area contributed by atoms with E-state index in [9.17, 15) is 8.78 Å². The van der Waals surface area contributed by atoms with Crippen molar-refractivity contribution >= 4 is 0 Å². The number of halogens is 2. The number of nitrogens with one attached hydrogen (secondary N) is 1. The summed E-state index contributed by atoms with van der Waals surface area (Å²) in [6.45, 7) is 9.31. The van der Waals surface area contributed by atoms with Crippen LogP contribution in [0.1, 0.15) is 39.7 Å². The Morgan fingerprint density at radius 2 is 1.89 bits per heavy atom. The molecule has 0 aliphatic rings. The topological polar surface area (TPSA) is 12.0 Å². The first-order valence-corrected chi connectivity index (χ1v) is 6.49. The Kier molecular flexibility index (Phi) is 5.27. The van der Waals surface area contributed by atoms with E-state index in [1.165, 1.54) is 0 Å². The van der Waals surface area contributed by atoms with Crippen LogP contribution in [-0.2, 0) is 6.42 Å². The SMILES string of the molecule is CCNC(Cc1cccc(F)c1F)CC(C)(C)C. The third kappa shape index (κ3) is 4.73. The molecule has 0 amide bonds. The first kappa shape index (κ1) is 15.1. The summed E-state index contributed by atoms with van der Waals surface area (Å²) in [6, 6.07) is 4.55. The van der Waals surface area contributed by atoms with Gasteiger partial charge in [-0.2, -0.15) is 0 Å². The fraction of sp³-hybridized carbons (Fsp3) is 0.600. The zero-order chi connectivity index (χ0) is 13.8. The lowest BCUT2D eigenvalue weighted by Gasteiger charge is -2.27. The summed E-state index contributed by atoms with van der Waals surface area (Å²) in [6.07, 6.45) is 1.45. The van der Waals surface area contributed by atoms with Crippen molar-refractivity contribution in [2.45, 2.75) is 46.6 Å². The maximum atomic E-state index is 13.6. The minimum Gasteiger partial charge on any atom is -0.314 e. The van der Waals surface area contributed by atoms with Crippen molar-refractivity contribution in [1.29, 1.82) is 0 Å². The Balaban J connectivity index is 2.80. The summed E-state index contributed by atoms with van der Waals surface area (Å²) >= 11 is 0. The second-order valence-electron chi connectivity index (χ2n) is 5.94. The van der Waals surface area contributed by atoms with E-state index in [0.29, 0.717) is 12.0 Å². The highest BCUT2D eigenvalue weighted by Crippen LogP contribution is 2.23. The highest BCUT2D eigenvalue weighted by Gasteiger charge is 2.20. The van der Waals surface area contributed by atoms with Crippen LogP contribution in [0.3, 0.4) is 0 Å². The first-order valence-electron chi connectivity index (χ1n) is 6.49. The molecule has 1 unspecified atom stereocenters. The van der Waals surface area contributed by atoms with Crippen LogP contribution in [0.25, 0.3) is 0 Å². The average molecular weight is 255 g/mol. The van der Waals surface area contributed by atoms with Crippen LogP contribution < -0.4 is 5.32 Å². The second kappa shape index (κ2) is 6.28. The molecular formula is C15H23F2N. The number of benzene rings is 1. The summed E-state index contributed by atoms with van der Waals surface area (Å²) in [7, 11) is 0. The molecule has 18 heavy (non-hydrogen) atoms. The third-order valence-corrected chi connectivity index (χ3v) is 2.85. The van der Waals surface area contributed by atoms with E-state index < -0.39 is 11.6 Å². The Labute approximate surface area is 109 Å². The van der Waals surface area contributed by atoms with Gasteiger partial charge in [0.15, 0.2) is 11.6 Å². The van der Waals surface area contributed by atoms with Crippen molar-refractivity contribution in [2.75, 3.05) is 6.54 Å². The lowest BCUT2D eigenvalue weighted by molar-refractivity contribution is 0.307. The molecule has 0 saturated carbocycles. The molecule has 1 N–H and O–H groups in total. The van der Waals surface area contributed by atoms with Crippen LogP contribution in [-0.4, -0.2) is 12.6 Å². The second-order valence-corrected chi connectivity index (χ2v) is 5.94. The van der Waals surface area contributed by atoms with E-state index in [2.05, 4.69) is 26.1 Å². The molecule has 1 aromatic rings. The van der Waals surface area contributed by atoms with Crippen LogP contribution in [0.4, 0.5) is 8.78 Å². The summed E-state index contributed by atoms with van der Waals surface area (Å²) in [5.41, 5.74) is 0.613. The quantitative estimate of drug-likeness (QED) is 0.841. The van der Waals surface area contributed by atoms with Gasteiger partial charge in [0.1, 0.15) is 0 Å². The van der Waals surface area contributed by atoms with Crippen LogP contribution in [0, 0.1) is 17.0 Å². The van der Waals surface area contributed by atoms with Gasteiger partial charge in [0.05, 0.1) is 0 Å². The summed E-state index contributed by atoms with van der Waals surface area (Å²) in [5, 5.41) is 3.35. The number of hydrogen-bond acceptors (Lipinski definition) is 1. The maximum Gasteiger partial charge on any atom is 0.162 e. The predicted molar refractivity (Wildman–Crippen MR) is 71.6 cm³/mol. The van der Waals surface area contributed by atoms with Crippen LogP contribution >= 0.6 is 0 Å². The predicted octanol–water partition coefficient (Wildman–Crippen LogP) is 3.92. The van der Waals surface area contributed by atoms with Gasteiger partial charge in [0.25, 0.3) is 0 Å². The summed E-state index contributed by atoms with van der Waals surface area (Å²) in [5.74, 6) is -1.48. The maximum absolute atomic E-state index is 13.6. The molecule has 3 heteroatoms. The van der Waals surface area contributed by atoms with Gasteiger partial charge in [-0.1, -0.05) is 39.8 Å². The molecule has 0 aliphatic carbocycles. The lowest BCUT2D eigenvalue weighted by atomic mass is 9.85. The molecule has 0 saturated heterocycles. The molecule has 0 fully saturated rings. The molecular weight excluding hydrogens is 232 g/mol. The Morgan fingerprint density at radius 1 is 1.22 bits per heavy atom. The Bertz CT molecular complexity index is 383. The smallest absolute Gasteiger partial charge is 0.162 e. The normalized spacial score (nSPS) is 13.7. The molecule has 1 rings (SSSR count). The number of rotatable bonds is 5. The van der Waals surface area contributed by atoms with Crippen LogP contribution in [0.5, 0.6) is 0 Å². The minimum absolute atomic E-state index is 0.163. The highest BCUT2D eigenvalue weighted by molar-refractivity contribution is 5.20. The molecule has 1 nitrogen and oxygen atoms in total. The Morgan fingerprint density at radius 3 is 2.44 bits per heavy atom. The van der Waals surface area contributed by atoms with E-state index in [1.807, 2.05) is 6.92 Å². The average Bonchev–Trinajstić information content (AvgIpc) is 2.23. The lowest BCUT2D eigenvalue weighted by Crippen LogP contribution is -2.35. The molecule has 0 aliphatic heterocycles. The van der Waals surface area contributed by atoms with Gasteiger partial charge in [0.2, 0.25) is 0 Å². The fourth-order valence-corrected chi connectivity index (χ4v) is 2.22. The zero-order valence-corrected chi connectivity index (χ0v) is 11.7. The molecule has 0 radical (unpaired) electrons. The highest BCUT2D eigenvalue weighted by atomic mass is 19.2. The van der Waals surface area contributed by atoms with Crippen molar-refractivity contribution in [3.63, 3.8) is 0 Å². The van der Waals surface area contributed by atoms with Crippen molar-refractivity contribution in [3.8, 4) is 0 Å². The summed E-state index contributed by atoms with van der Waals surface area (Å²) in [4.78, 5) is 0. The minimum atomic E-state index is -0.765. The van der Waals surface area contributed by atoms with Crippen LogP contribution in [0.15, 0.2) is 18.2 Å². The molecule has 0 aromatic heterocycles. The van der Waals surface area contributed by atoms with Gasteiger partial charge < -0.3 is 5.32 Å². The number of likely N-dealkylation sites (N-methyl/N-ethyl adjacent to an activating group) is 1. The largest absolute Gasteiger partial charge is 0.314 e. The van der Waals surface area contributed by atoms with E-state index in [0.717, 1.165) is 19.0 Å². The molecule has 0 spiro atoms. The first-order chi connectivity index (χ1) is 8.33. The van der Waals surface area contributed by atoms with Gasteiger partial charge in [-0.3, -0.25) is 0 Å². The van der Waals surface area contributed by atoms with E-state index in [1.54, 1.807) is 12.1 Å². The molecule has 1 aromatic carbocycles. The van der Waals surface area contributed by atoms with Crippen molar-refractivity contribution in [1.82, 2.24) is 5.32 Å². The Hall–Kier alpha value is -0.960. The van der Waals surface area contributed by atoms with E-state index in [4.69, 9.17) is 0 Å². The van der Waals surface area contributed by atoms with Gasteiger partial charge in [-0.25, -0.2) is 8.78 Å². The van der Waals surface area contributed by atoms with E-state index in [-0.39, 0.29) is 11.5 Å². The standard InChI is InChI=1S/C15H23F2N/c1-5-18-12(10-15(2,3)4)9-11-7-6-8-13(16)14(11)17/h6-8,12,18H,5,9-10H2,1-4H3. The van der Waals surface area contributed by atoms with Crippen molar-refractivity contribution < 1.29 is 8.78 Å². The van der Waals surface area contributed by atoms with Crippen molar-refractivity contribution in [3.05, 3.63) is 35.4 Å². The van der Waals surface area contributed by atoms with Crippen LogP contribution in [0.2, 0.25) is 0 Å². The molecule has 0 heterocycles. The fourth-order valence-electron chi connectivity index (χ4n) is 2.22. The molecule has 102 valence electrons. The van der Waals surface area contributed by atoms with Gasteiger partial charge in [-0.05, 0) is 36.4 Å². The monoisotopic (exact) mass is 255 g/mol. The third-order valence-electron chi connectivity index (χ3n) is 2.85. The van der Waals surface area contributed by atoms with E-state index >= 15 is 0 Å². The van der Waals surface area contributed by atoms with Gasteiger partial charge in [-0.15, -0.1) is 0 Å². The molecule has 1 atom stereocenters.